The highest BCUT2D eigenvalue weighted by molar-refractivity contribution is 5.78. The van der Waals surface area contributed by atoms with Gasteiger partial charge in [-0.2, -0.15) is 9.97 Å². The number of hydrogen-bond donors (Lipinski definition) is 2. The molecule has 18 heavy (non-hydrogen) atoms. The van der Waals surface area contributed by atoms with E-state index in [4.69, 9.17) is 14.7 Å². The SMILES string of the molecule is Nc1ccc2nc(NCCc3ncno3)oc2c1. The fourth-order valence-electron chi connectivity index (χ4n) is 1.60. The summed E-state index contributed by atoms with van der Waals surface area (Å²) in [6.07, 6.45) is 1.98. The van der Waals surface area contributed by atoms with Crippen molar-refractivity contribution in [3.63, 3.8) is 0 Å². The van der Waals surface area contributed by atoms with Crippen LogP contribution in [0, 0.1) is 0 Å². The molecule has 3 rings (SSSR count). The Balaban J connectivity index is 1.67. The molecule has 7 nitrogen and oxygen atoms in total. The zero-order chi connectivity index (χ0) is 12.4. The maximum Gasteiger partial charge on any atom is 0.295 e. The Morgan fingerprint density at radius 3 is 3.11 bits per heavy atom. The summed E-state index contributed by atoms with van der Waals surface area (Å²) >= 11 is 0. The van der Waals surface area contributed by atoms with E-state index in [0.29, 0.717) is 36.1 Å². The van der Waals surface area contributed by atoms with Gasteiger partial charge in [-0.3, -0.25) is 0 Å². The third kappa shape index (κ3) is 2.10. The van der Waals surface area contributed by atoms with E-state index in [2.05, 4.69) is 20.4 Å². The van der Waals surface area contributed by atoms with Crippen LogP contribution in [0.1, 0.15) is 5.89 Å². The fraction of sp³-hybridized carbons (Fsp3) is 0.182. The average molecular weight is 245 g/mol. The van der Waals surface area contributed by atoms with E-state index in [1.807, 2.05) is 6.07 Å². The molecule has 2 aromatic heterocycles. The Morgan fingerprint density at radius 2 is 2.28 bits per heavy atom. The van der Waals surface area contributed by atoms with Crippen LogP contribution in [-0.4, -0.2) is 21.7 Å². The largest absolute Gasteiger partial charge is 0.423 e. The van der Waals surface area contributed by atoms with Gasteiger partial charge in [0.2, 0.25) is 5.89 Å². The maximum absolute atomic E-state index is 5.66. The van der Waals surface area contributed by atoms with Crippen LogP contribution in [0.3, 0.4) is 0 Å². The molecule has 3 aromatic rings. The molecular formula is C11H11N5O2. The van der Waals surface area contributed by atoms with E-state index in [0.717, 1.165) is 5.52 Å². The molecule has 92 valence electrons. The number of nitrogen functional groups attached to an aromatic ring is 1. The molecule has 0 amide bonds. The first-order valence-corrected chi connectivity index (χ1v) is 5.47. The number of benzene rings is 1. The van der Waals surface area contributed by atoms with E-state index in [9.17, 15) is 0 Å². The highest BCUT2D eigenvalue weighted by atomic mass is 16.5. The Labute approximate surface area is 102 Å². The Bertz CT molecular complexity index is 647. The van der Waals surface area contributed by atoms with Gasteiger partial charge in [0.05, 0.1) is 0 Å². The summed E-state index contributed by atoms with van der Waals surface area (Å²) in [7, 11) is 0. The van der Waals surface area contributed by atoms with Crippen molar-refractivity contribution in [2.45, 2.75) is 6.42 Å². The van der Waals surface area contributed by atoms with Gasteiger partial charge in [-0.15, -0.1) is 0 Å². The minimum Gasteiger partial charge on any atom is -0.423 e. The quantitative estimate of drug-likeness (QED) is 0.670. The van der Waals surface area contributed by atoms with Gasteiger partial charge in [-0.25, -0.2) is 0 Å². The van der Waals surface area contributed by atoms with Crippen molar-refractivity contribution in [2.24, 2.45) is 0 Å². The van der Waals surface area contributed by atoms with Crippen molar-refractivity contribution < 1.29 is 8.94 Å². The Kier molecular flexibility index (Phi) is 2.56. The summed E-state index contributed by atoms with van der Waals surface area (Å²) in [5, 5.41) is 6.57. The molecule has 0 spiro atoms. The normalized spacial score (nSPS) is 10.9. The number of nitrogens with two attached hydrogens (primary N) is 1. The molecule has 0 atom stereocenters. The molecule has 0 fully saturated rings. The van der Waals surface area contributed by atoms with Crippen LogP contribution in [0.4, 0.5) is 11.7 Å². The summed E-state index contributed by atoms with van der Waals surface area (Å²) in [5.41, 5.74) is 7.74. The molecule has 0 saturated heterocycles. The summed E-state index contributed by atoms with van der Waals surface area (Å²) in [4.78, 5) is 8.19. The van der Waals surface area contributed by atoms with Crippen LogP contribution < -0.4 is 11.1 Å². The predicted molar refractivity (Wildman–Crippen MR) is 64.9 cm³/mol. The van der Waals surface area contributed by atoms with Gasteiger partial charge in [-0.1, -0.05) is 5.16 Å². The van der Waals surface area contributed by atoms with Gasteiger partial charge in [0, 0.05) is 24.7 Å². The lowest BCUT2D eigenvalue weighted by Gasteiger charge is -1.96. The zero-order valence-corrected chi connectivity index (χ0v) is 9.46. The number of aromatic nitrogens is 3. The molecule has 0 saturated carbocycles. The van der Waals surface area contributed by atoms with E-state index >= 15 is 0 Å². The maximum atomic E-state index is 5.66. The molecule has 7 heteroatoms. The highest BCUT2D eigenvalue weighted by Crippen LogP contribution is 2.20. The lowest BCUT2D eigenvalue weighted by molar-refractivity contribution is 0.379. The van der Waals surface area contributed by atoms with Crippen molar-refractivity contribution in [2.75, 3.05) is 17.6 Å². The zero-order valence-electron chi connectivity index (χ0n) is 9.46. The number of oxazole rings is 1. The number of hydrogen-bond acceptors (Lipinski definition) is 7. The second kappa shape index (κ2) is 4.36. The van der Waals surface area contributed by atoms with Crippen LogP contribution in [-0.2, 0) is 6.42 Å². The summed E-state index contributed by atoms with van der Waals surface area (Å²) in [6, 6.07) is 5.80. The van der Waals surface area contributed by atoms with Crippen molar-refractivity contribution >= 4 is 22.8 Å². The molecular weight excluding hydrogens is 234 g/mol. The highest BCUT2D eigenvalue weighted by Gasteiger charge is 2.06. The molecule has 0 aliphatic heterocycles. The molecule has 2 heterocycles. The number of rotatable bonds is 4. The minimum atomic E-state index is 0.454. The van der Waals surface area contributed by atoms with Gasteiger partial charge < -0.3 is 20.0 Å². The fourth-order valence-corrected chi connectivity index (χ4v) is 1.60. The summed E-state index contributed by atoms with van der Waals surface area (Å²) in [6.45, 7) is 0.602. The van der Waals surface area contributed by atoms with Crippen molar-refractivity contribution in [1.82, 2.24) is 15.1 Å². The van der Waals surface area contributed by atoms with Crippen molar-refractivity contribution in [3.05, 3.63) is 30.4 Å². The molecule has 0 radical (unpaired) electrons. The smallest absolute Gasteiger partial charge is 0.295 e. The first-order valence-electron chi connectivity index (χ1n) is 5.47. The van der Waals surface area contributed by atoms with E-state index in [-0.39, 0.29) is 0 Å². The van der Waals surface area contributed by atoms with Gasteiger partial charge >= 0.3 is 0 Å². The molecule has 0 unspecified atom stereocenters. The van der Waals surface area contributed by atoms with Crippen LogP contribution in [0.15, 0.2) is 33.5 Å². The Hall–Kier alpha value is -2.57. The molecule has 0 aliphatic rings. The average Bonchev–Trinajstić information content (AvgIpc) is 2.97. The summed E-state index contributed by atoms with van der Waals surface area (Å²) < 4.78 is 10.4. The predicted octanol–water partition coefficient (Wildman–Crippen LogP) is 1.45. The van der Waals surface area contributed by atoms with E-state index in [1.54, 1.807) is 12.1 Å². The third-order valence-corrected chi connectivity index (χ3v) is 2.43. The van der Waals surface area contributed by atoms with Gasteiger partial charge in [0.15, 0.2) is 11.9 Å². The monoisotopic (exact) mass is 245 g/mol. The number of anilines is 2. The van der Waals surface area contributed by atoms with E-state index < -0.39 is 0 Å². The van der Waals surface area contributed by atoms with Crippen molar-refractivity contribution in [3.8, 4) is 0 Å². The Morgan fingerprint density at radius 1 is 1.33 bits per heavy atom. The summed E-state index contributed by atoms with van der Waals surface area (Å²) in [5.74, 6) is 0.572. The third-order valence-electron chi connectivity index (χ3n) is 2.43. The lowest BCUT2D eigenvalue weighted by Crippen LogP contribution is -2.04. The minimum absolute atomic E-state index is 0.454. The van der Waals surface area contributed by atoms with Gasteiger partial charge in [0.25, 0.3) is 6.01 Å². The lowest BCUT2D eigenvalue weighted by atomic mass is 10.3. The molecule has 1 aromatic carbocycles. The first kappa shape index (κ1) is 10.6. The second-order valence-electron chi connectivity index (χ2n) is 3.76. The second-order valence-corrected chi connectivity index (χ2v) is 3.76. The van der Waals surface area contributed by atoms with Crippen LogP contribution in [0.5, 0.6) is 0 Å². The molecule has 0 aliphatic carbocycles. The van der Waals surface area contributed by atoms with Gasteiger partial charge in [0.1, 0.15) is 5.52 Å². The van der Waals surface area contributed by atoms with E-state index in [1.165, 1.54) is 6.33 Å². The molecule has 3 N–H and O–H groups in total. The topological polar surface area (TPSA) is 103 Å². The van der Waals surface area contributed by atoms with Crippen molar-refractivity contribution in [1.29, 1.82) is 0 Å². The first-order chi connectivity index (χ1) is 8.81. The molecule has 0 bridgehead atoms. The standard InChI is InChI=1S/C11H11N5O2/c12-7-1-2-8-9(5-7)17-11(16-8)13-4-3-10-14-6-15-18-10/h1-2,5-6H,3-4,12H2,(H,13,16). The van der Waals surface area contributed by atoms with Crippen LogP contribution >= 0.6 is 0 Å². The number of fused-ring (bicyclic) bond motifs is 1. The van der Waals surface area contributed by atoms with Gasteiger partial charge in [-0.05, 0) is 12.1 Å². The number of nitrogens with zero attached hydrogens (tertiary/aromatic N) is 3. The number of nitrogens with one attached hydrogen (secondary N) is 1. The van der Waals surface area contributed by atoms with Crippen LogP contribution in [0.25, 0.3) is 11.1 Å². The van der Waals surface area contributed by atoms with Crippen LogP contribution in [0.2, 0.25) is 0 Å².